The molecule has 1 amide bonds. The van der Waals surface area contributed by atoms with Gasteiger partial charge in [0.25, 0.3) is 0 Å². The van der Waals surface area contributed by atoms with E-state index in [1.807, 2.05) is 35.2 Å². The lowest BCUT2D eigenvalue weighted by molar-refractivity contribution is -0.130. The molecule has 1 N–H and O–H groups in total. The van der Waals surface area contributed by atoms with Crippen LogP contribution in [-0.4, -0.2) is 44.6 Å². The zero-order valence-corrected chi connectivity index (χ0v) is 13.6. The first-order valence-corrected chi connectivity index (χ1v) is 9.62. The summed E-state index contributed by atoms with van der Waals surface area (Å²) in [6.07, 6.45) is 2.24. The fourth-order valence-corrected chi connectivity index (χ4v) is 5.79. The van der Waals surface area contributed by atoms with Crippen molar-refractivity contribution in [3.63, 3.8) is 0 Å². The van der Waals surface area contributed by atoms with Crippen molar-refractivity contribution in [3.05, 3.63) is 35.9 Å². The molecule has 1 aromatic rings. The van der Waals surface area contributed by atoms with Crippen molar-refractivity contribution < 1.29 is 9.90 Å². The second-order valence-corrected chi connectivity index (χ2v) is 8.29. The zero-order valence-electron chi connectivity index (χ0n) is 12.0. The highest BCUT2D eigenvalue weighted by Gasteiger charge is 2.36. The number of carbonyl (C=O) groups excluding carboxylic acids is 1. The average molecular weight is 323 g/mol. The Morgan fingerprint density at radius 1 is 1.29 bits per heavy atom. The Hall–Kier alpha value is -0.650. The Labute approximate surface area is 134 Å². The third kappa shape index (κ3) is 3.58. The van der Waals surface area contributed by atoms with E-state index in [0.29, 0.717) is 6.42 Å². The third-order valence-electron chi connectivity index (χ3n) is 4.16. The normalized spacial score (nSPS) is 24.4. The van der Waals surface area contributed by atoms with E-state index in [1.165, 1.54) is 0 Å². The van der Waals surface area contributed by atoms with Gasteiger partial charge in [-0.15, -0.1) is 23.5 Å². The molecule has 114 valence electrons. The maximum Gasteiger partial charge on any atom is 0.246 e. The van der Waals surface area contributed by atoms with Crippen molar-refractivity contribution >= 4 is 29.4 Å². The molecule has 2 saturated heterocycles. The van der Waals surface area contributed by atoms with Crippen LogP contribution in [0, 0.1) is 0 Å². The zero-order chi connectivity index (χ0) is 14.7. The van der Waals surface area contributed by atoms with Gasteiger partial charge in [-0.1, -0.05) is 30.3 Å². The third-order valence-corrected chi connectivity index (χ3v) is 7.13. The van der Waals surface area contributed by atoms with E-state index in [1.54, 1.807) is 23.5 Å². The van der Waals surface area contributed by atoms with Crippen molar-refractivity contribution in [3.8, 4) is 0 Å². The van der Waals surface area contributed by atoms with E-state index in [4.69, 9.17) is 0 Å². The van der Waals surface area contributed by atoms with E-state index in [0.717, 1.165) is 36.5 Å². The van der Waals surface area contributed by atoms with E-state index in [-0.39, 0.29) is 16.5 Å². The molecule has 0 saturated carbocycles. The molecule has 2 fully saturated rings. The summed E-state index contributed by atoms with van der Waals surface area (Å²) in [5, 5.41) is 10.4. The fourth-order valence-electron chi connectivity index (χ4n) is 3.08. The minimum absolute atomic E-state index is 0.0828. The summed E-state index contributed by atoms with van der Waals surface area (Å²) >= 11 is 3.53. The summed E-state index contributed by atoms with van der Waals surface area (Å²) in [4.78, 5) is 14.6. The fraction of sp³-hybridized carbons (Fsp3) is 0.562. The van der Waals surface area contributed by atoms with Crippen LogP contribution in [0.25, 0.3) is 0 Å². The van der Waals surface area contributed by atoms with E-state index in [9.17, 15) is 9.90 Å². The Morgan fingerprint density at radius 3 is 2.71 bits per heavy atom. The number of hydrogen-bond donors (Lipinski definition) is 1. The molecule has 2 aliphatic rings. The van der Waals surface area contributed by atoms with Crippen LogP contribution in [-0.2, 0) is 4.79 Å². The van der Waals surface area contributed by atoms with Gasteiger partial charge in [-0.25, -0.2) is 0 Å². The van der Waals surface area contributed by atoms with Crippen LogP contribution in [0.2, 0.25) is 0 Å². The number of aliphatic hydroxyl groups excluding tert-OH is 1. The van der Waals surface area contributed by atoms with Crippen LogP contribution in [0.1, 0.15) is 30.9 Å². The van der Waals surface area contributed by atoms with Gasteiger partial charge in [0.05, 0.1) is 6.10 Å². The molecule has 0 radical (unpaired) electrons. The number of nitrogens with zero attached hydrogens (tertiary/aromatic N) is 1. The number of hydrogen-bond acceptors (Lipinski definition) is 4. The van der Waals surface area contributed by atoms with Crippen LogP contribution in [0.3, 0.4) is 0 Å². The summed E-state index contributed by atoms with van der Waals surface area (Å²) in [5.41, 5.74) is 0.946. The molecule has 0 bridgehead atoms. The van der Waals surface area contributed by atoms with Crippen molar-refractivity contribution in [2.45, 2.75) is 36.0 Å². The van der Waals surface area contributed by atoms with Crippen molar-refractivity contribution in [1.82, 2.24) is 4.90 Å². The molecule has 0 aliphatic carbocycles. The number of rotatable bonds is 4. The minimum Gasteiger partial charge on any atom is -0.388 e. The number of carbonyl (C=O) groups is 1. The van der Waals surface area contributed by atoms with Gasteiger partial charge in [-0.05, 0) is 24.8 Å². The lowest BCUT2D eigenvalue weighted by Gasteiger charge is -2.28. The van der Waals surface area contributed by atoms with Crippen molar-refractivity contribution in [1.29, 1.82) is 0 Å². The van der Waals surface area contributed by atoms with Gasteiger partial charge < -0.3 is 10.0 Å². The second-order valence-electron chi connectivity index (χ2n) is 5.56. The number of likely N-dealkylation sites (tertiary alicyclic amines) is 1. The maximum absolute atomic E-state index is 12.6. The SMILES string of the molecule is O=C(C1SCCS1)N1CCCC1CC(O)c1ccccc1. The van der Waals surface area contributed by atoms with Crippen LogP contribution >= 0.6 is 23.5 Å². The number of aliphatic hydroxyl groups is 1. The molecule has 5 heteroatoms. The Bertz CT molecular complexity index is 476. The van der Waals surface area contributed by atoms with Crippen LogP contribution < -0.4 is 0 Å². The average Bonchev–Trinajstić information content (AvgIpc) is 3.19. The van der Waals surface area contributed by atoms with Gasteiger partial charge in [0.2, 0.25) is 5.91 Å². The first-order valence-electron chi connectivity index (χ1n) is 7.52. The summed E-state index contributed by atoms with van der Waals surface area (Å²) in [5.74, 6) is 2.42. The highest BCUT2D eigenvalue weighted by atomic mass is 32.2. The van der Waals surface area contributed by atoms with Crippen LogP contribution in [0.15, 0.2) is 30.3 Å². The summed E-state index contributed by atoms with van der Waals surface area (Å²) in [6, 6.07) is 9.94. The highest BCUT2D eigenvalue weighted by Crippen LogP contribution is 2.36. The lowest BCUT2D eigenvalue weighted by atomic mass is 10.0. The largest absolute Gasteiger partial charge is 0.388 e. The van der Waals surface area contributed by atoms with E-state index >= 15 is 0 Å². The molecule has 2 aliphatic heterocycles. The number of thioether (sulfide) groups is 2. The second kappa shape index (κ2) is 7.07. The number of benzene rings is 1. The molecule has 21 heavy (non-hydrogen) atoms. The van der Waals surface area contributed by atoms with Crippen LogP contribution in [0.4, 0.5) is 0 Å². The molecule has 2 heterocycles. The lowest BCUT2D eigenvalue weighted by Crippen LogP contribution is -2.40. The first-order chi connectivity index (χ1) is 10.3. The minimum atomic E-state index is -0.478. The molecule has 0 spiro atoms. The van der Waals surface area contributed by atoms with Gasteiger partial charge in [-0.3, -0.25) is 4.79 Å². The first kappa shape index (κ1) is 15.3. The number of amides is 1. The molecular formula is C16H21NO2S2. The summed E-state index contributed by atoms with van der Waals surface area (Å²) in [7, 11) is 0. The van der Waals surface area contributed by atoms with Gasteiger partial charge in [0, 0.05) is 24.1 Å². The molecular weight excluding hydrogens is 302 g/mol. The highest BCUT2D eigenvalue weighted by molar-refractivity contribution is 8.21. The Balaban J connectivity index is 1.62. The molecule has 3 rings (SSSR count). The van der Waals surface area contributed by atoms with Gasteiger partial charge in [0.15, 0.2) is 0 Å². The topological polar surface area (TPSA) is 40.5 Å². The predicted octanol–water partition coefficient (Wildman–Crippen LogP) is 2.91. The molecule has 1 aromatic carbocycles. The Morgan fingerprint density at radius 2 is 2.00 bits per heavy atom. The standard InChI is InChI=1S/C16H21NO2S2/c18-14(12-5-2-1-3-6-12)11-13-7-4-8-17(13)15(19)16-20-9-10-21-16/h1-3,5-6,13-14,16,18H,4,7-11H2. The summed E-state index contributed by atoms with van der Waals surface area (Å²) < 4.78 is 0.0828. The van der Waals surface area contributed by atoms with Crippen molar-refractivity contribution in [2.24, 2.45) is 0 Å². The van der Waals surface area contributed by atoms with Gasteiger partial charge >= 0.3 is 0 Å². The quantitative estimate of drug-likeness (QED) is 0.925. The van der Waals surface area contributed by atoms with E-state index in [2.05, 4.69) is 0 Å². The maximum atomic E-state index is 12.6. The predicted molar refractivity (Wildman–Crippen MR) is 89.5 cm³/mol. The smallest absolute Gasteiger partial charge is 0.246 e. The van der Waals surface area contributed by atoms with Gasteiger partial charge in [0.1, 0.15) is 4.58 Å². The van der Waals surface area contributed by atoms with Crippen LogP contribution in [0.5, 0.6) is 0 Å². The molecule has 0 aromatic heterocycles. The van der Waals surface area contributed by atoms with E-state index < -0.39 is 6.10 Å². The molecule has 3 nitrogen and oxygen atoms in total. The Kier molecular flexibility index (Phi) is 5.14. The van der Waals surface area contributed by atoms with Crippen molar-refractivity contribution in [2.75, 3.05) is 18.1 Å². The summed E-state index contributed by atoms with van der Waals surface area (Å²) in [6.45, 7) is 0.850. The van der Waals surface area contributed by atoms with Gasteiger partial charge in [-0.2, -0.15) is 0 Å². The monoisotopic (exact) mass is 323 g/mol. The molecule has 2 atom stereocenters. The molecule has 2 unspecified atom stereocenters.